The zero-order valence-electron chi connectivity index (χ0n) is 7.12. The molecule has 0 saturated carbocycles. The minimum atomic E-state index is -0.272. The second-order valence-corrected chi connectivity index (χ2v) is 3.15. The molecule has 1 aliphatic heterocycles. The van der Waals surface area contributed by atoms with E-state index in [2.05, 4.69) is 0 Å². The van der Waals surface area contributed by atoms with Gasteiger partial charge in [-0.05, 0) is 6.07 Å². The normalized spacial score (nSPS) is 13.8. The average molecular weight is 215 g/mol. The van der Waals surface area contributed by atoms with Crippen molar-refractivity contribution >= 4 is 17.9 Å². The van der Waals surface area contributed by atoms with Crippen molar-refractivity contribution in [1.29, 1.82) is 0 Å². The van der Waals surface area contributed by atoms with Crippen LogP contribution in [0.2, 0.25) is 5.02 Å². The number of phenols is 1. The number of fused-ring (bicyclic) bond motifs is 1. The van der Waals surface area contributed by atoms with Crippen LogP contribution in [0.5, 0.6) is 17.2 Å². The van der Waals surface area contributed by atoms with Gasteiger partial charge in [0, 0.05) is 0 Å². The summed E-state index contributed by atoms with van der Waals surface area (Å²) < 4.78 is 10.4. The highest BCUT2D eigenvalue weighted by Crippen LogP contribution is 2.44. The second kappa shape index (κ2) is 3.38. The minimum Gasteiger partial charge on any atom is -0.505 e. The molecule has 2 rings (SSSR count). The Bertz CT molecular complexity index is 389. The van der Waals surface area contributed by atoms with Gasteiger partial charge >= 0.3 is 0 Å². The van der Waals surface area contributed by atoms with Crippen LogP contribution in [0.1, 0.15) is 10.4 Å². The Labute approximate surface area is 85.0 Å². The number of hydrogen-bond donors (Lipinski definition) is 1. The van der Waals surface area contributed by atoms with E-state index in [1.165, 1.54) is 6.07 Å². The van der Waals surface area contributed by atoms with Crippen LogP contribution < -0.4 is 9.47 Å². The maximum Gasteiger partial charge on any atom is 0.183 e. The first-order valence-corrected chi connectivity index (χ1v) is 4.38. The van der Waals surface area contributed by atoms with Crippen molar-refractivity contribution in [3.8, 4) is 17.2 Å². The SMILES string of the molecule is O=Cc1cc2c(c(Cl)c1O)OCCO2. The largest absolute Gasteiger partial charge is 0.505 e. The molecule has 1 N–H and O–H groups in total. The molecule has 0 unspecified atom stereocenters. The lowest BCUT2D eigenvalue weighted by Gasteiger charge is -2.20. The molecule has 1 aromatic carbocycles. The Kier molecular flexibility index (Phi) is 2.21. The molecule has 74 valence electrons. The van der Waals surface area contributed by atoms with Crippen molar-refractivity contribution < 1.29 is 19.4 Å². The Hall–Kier alpha value is -1.42. The van der Waals surface area contributed by atoms with Crippen LogP contribution in [0.15, 0.2) is 6.07 Å². The number of aldehydes is 1. The third-order valence-corrected chi connectivity index (χ3v) is 2.26. The molecule has 1 aliphatic rings. The van der Waals surface area contributed by atoms with Crippen LogP contribution in [0, 0.1) is 0 Å². The highest BCUT2D eigenvalue weighted by atomic mass is 35.5. The van der Waals surface area contributed by atoms with Gasteiger partial charge in [-0.25, -0.2) is 0 Å². The molecular weight excluding hydrogens is 208 g/mol. The summed E-state index contributed by atoms with van der Waals surface area (Å²) in [6.07, 6.45) is 0.513. The van der Waals surface area contributed by atoms with Crippen LogP contribution in [0.3, 0.4) is 0 Å². The van der Waals surface area contributed by atoms with Crippen molar-refractivity contribution in [1.82, 2.24) is 0 Å². The van der Waals surface area contributed by atoms with E-state index < -0.39 is 0 Å². The Morgan fingerprint density at radius 2 is 2.14 bits per heavy atom. The number of phenolic OH excluding ortho intramolecular Hbond substituents is 1. The average Bonchev–Trinajstić information content (AvgIpc) is 2.23. The first-order valence-electron chi connectivity index (χ1n) is 4.00. The zero-order valence-corrected chi connectivity index (χ0v) is 7.87. The summed E-state index contributed by atoms with van der Waals surface area (Å²) in [7, 11) is 0. The third-order valence-electron chi connectivity index (χ3n) is 1.91. The molecule has 1 heterocycles. The standard InChI is InChI=1S/C9H7ClO4/c10-7-8(12)5(4-11)3-6-9(7)14-2-1-13-6/h3-4,12H,1-2H2. The maximum atomic E-state index is 10.6. The van der Waals surface area contributed by atoms with Gasteiger partial charge in [-0.2, -0.15) is 0 Å². The zero-order chi connectivity index (χ0) is 10.1. The van der Waals surface area contributed by atoms with E-state index in [1.54, 1.807) is 0 Å². The number of aromatic hydroxyl groups is 1. The van der Waals surface area contributed by atoms with Crippen molar-refractivity contribution in [2.45, 2.75) is 0 Å². The van der Waals surface area contributed by atoms with Gasteiger partial charge in [-0.15, -0.1) is 0 Å². The Balaban J connectivity index is 2.62. The summed E-state index contributed by atoms with van der Waals surface area (Å²) in [6.45, 7) is 0.791. The molecule has 0 aromatic heterocycles. The third kappa shape index (κ3) is 1.28. The predicted octanol–water partition coefficient (Wildman–Crippen LogP) is 1.63. The molecule has 5 heteroatoms. The van der Waals surface area contributed by atoms with Gasteiger partial charge in [0.15, 0.2) is 17.8 Å². The molecule has 14 heavy (non-hydrogen) atoms. The van der Waals surface area contributed by atoms with Gasteiger partial charge in [0.05, 0.1) is 5.56 Å². The molecule has 1 aromatic rings. The second-order valence-electron chi connectivity index (χ2n) is 2.77. The van der Waals surface area contributed by atoms with Crippen molar-refractivity contribution in [2.75, 3.05) is 13.2 Å². The first-order chi connectivity index (χ1) is 6.74. The van der Waals surface area contributed by atoms with Gasteiger partial charge in [0.2, 0.25) is 0 Å². The van der Waals surface area contributed by atoms with Gasteiger partial charge < -0.3 is 14.6 Å². The Morgan fingerprint density at radius 3 is 2.86 bits per heavy atom. The number of carbonyl (C=O) groups is 1. The Morgan fingerprint density at radius 1 is 1.43 bits per heavy atom. The van der Waals surface area contributed by atoms with Crippen LogP contribution in [0.25, 0.3) is 0 Å². The summed E-state index contributed by atoms with van der Waals surface area (Å²) in [5.74, 6) is 0.410. The van der Waals surface area contributed by atoms with Crippen LogP contribution in [-0.4, -0.2) is 24.6 Å². The van der Waals surface area contributed by atoms with Gasteiger partial charge in [0.25, 0.3) is 0 Å². The van der Waals surface area contributed by atoms with E-state index in [1.807, 2.05) is 0 Å². The summed E-state index contributed by atoms with van der Waals surface area (Å²) in [6, 6.07) is 1.41. The van der Waals surface area contributed by atoms with Crippen molar-refractivity contribution in [2.24, 2.45) is 0 Å². The highest BCUT2D eigenvalue weighted by Gasteiger charge is 2.21. The monoisotopic (exact) mass is 214 g/mol. The number of rotatable bonds is 1. The molecular formula is C9H7ClO4. The lowest BCUT2D eigenvalue weighted by Crippen LogP contribution is -2.15. The van der Waals surface area contributed by atoms with Gasteiger partial charge in [-0.3, -0.25) is 4.79 Å². The molecule has 0 atom stereocenters. The number of hydrogen-bond acceptors (Lipinski definition) is 4. The van der Waals surface area contributed by atoms with E-state index in [9.17, 15) is 9.90 Å². The van der Waals surface area contributed by atoms with Crippen LogP contribution in [0.4, 0.5) is 0 Å². The molecule has 0 aliphatic carbocycles. The molecule has 0 bridgehead atoms. The van der Waals surface area contributed by atoms with E-state index in [4.69, 9.17) is 21.1 Å². The topological polar surface area (TPSA) is 55.8 Å². The van der Waals surface area contributed by atoms with Crippen molar-refractivity contribution in [3.05, 3.63) is 16.7 Å². The van der Waals surface area contributed by atoms with E-state index in [0.29, 0.717) is 31.0 Å². The van der Waals surface area contributed by atoms with Gasteiger partial charge in [-0.1, -0.05) is 11.6 Å². The minimum absolute atomic E-state index is 0.0179. The van der Waals surface area contributed by atoms with E-state index >= 15 is 0 Å². The summed E-state index contributed by atoms with van der Waals surface area (Å²) in [5.41, 5.74) is 0.0965. The summed E-state index contributed by atoms with van der Waals surface area (Å²) in [5, 5.41) is 9.47. The molecule has 0 amide bonds. The first kappa shape index (κ1) is 9.15. The van der Waals surface area contributed by atoms with E-state index in [-0.39, 0.29) is 16.3 Å². The van der Waals surface area contributed by atoms with Gasteiger partial charge in [0.1, 0.15) is 24.0 Å². The summed E-state index contributed by atoms with van der Waals surface area (Å²) in [4.78, 5) is 10.6. The quantitative estimate of drug-likeness (QED) is 0.722. The van der Waals surface area contributed by atoms with E-state index in [0.717, 1.165) is 0 Å². The lowest BCUT2D eigenvalue weighted by atomic mass is 10.2. The van der Waals surface area contributed by atoms with Crippen molar-refractivity contribution in [3.63, 3.8) is 0 Å². The molecule has 0 saturated heterocycles. The maximum absolute atomic E-state index is 10.6. The smallest absolute Gasteiger partial charge is 0.183 e. The molecule has 0 radical (unpaired) electrons. The molecule has 0 spiro atoms. The fourth-order valence-electron chi connectivity index (χ4n) is 1.24. The summed E-state index contributed by atoms with van der Waals surface area (Å²) >= 11 is 5.78. The molecule has 0 fully saturated rings. The fraction of sp³-hybridized carbons (Fsp3) is 0.222. The number of carbonyl (C=O) groups excluding carboxylic acids is 1. The molecule has 4 nitrogen and oxygen atoms in total. The number of ether oxygens (including phenoxy) is 2. The lowest BCUT2D eigenvalue weighted by molar-refractivity contribution is 0.111. The van der Waals surface area contributed by atoms with Crippen LogP contribution in [-0.2, 0) is 0 Å². The number of benzene rings is 1. The predicted molar refractivity (Wildman–Crippen MR) is 49.5 cm³/mol. The fourth-order valence-corrected chi connectivity index (χ4v) is 1.50. The van der Waals surface area contributed by atoms with Crippen LogP contribution >= 0.6 is 11.6 Å². The number of halogens is 1. The highest BCUT2D eigenvalue weighted by molar-refractivity contribution is 6.34.